The van der Waals surface area contributed by atoms with E-state index < -0.39 is 19.5 Å². The standard InChI is InChI=1S/C3H6F3NO/c4-3(5,6)1-7-2-8/h7-8H,1-2H2. The SMILES string of the molecule is OCNCC(F)(F)F. The number of halogens is 3. The highest BCUT2D eigenvalue weighted by Gasteiger charge is 2.25. The molecule has 0 bridgehead atoms. The largest absolute Gasteiger partial charge is 0.401 e. The summed E-state index contributed by atoms with van der Waals surface area (Å²) in [5, 5.41) is 9.54. The van der Waals surface area contributed by atoms with Crippen LogP contribution >= 0.6 is 0 Å². The number of aliphatic hydroxyl groups excluding tert-OH is 1. The van der Waals surface area contributed by atoms with Gasteiger partial charge in [0, 0.05) is 0 Å². The Morgan fingerprint density at radius 2 is 1.88 bits per heavy atom. The average molecular weight is 129 g/mol. The zero-order valence-electron chi connectivity index (χ0n) is 4.00. The van der Waals surface area contributed by atoms with Crippen molar-refractivity contribution in [3.8, 4) is 0 Å². The molecule has 5 heteroatoms. The predicted octanol–water partition coefficient (Wildman–Crippen LogP) is 0.0881. The van der Waals surface area contributed by atoms with Gasteiger partial charge in [-0.3, -0.25) is 5.32 Å². The molecule has 0 aliphatic heterocycles. The van der Waals surface area contributed by atoms with E-state index in [1.54, 1.807) is 5.32 Å². The molecule has 8 heavy (non-hydrogen) atoms. The van der Waals surface area contributed by atoms with Crippen LogP contribution in [-0.4, -0.2) is 24.6 Å². The van der Waals surface area contributed by atoms with Gasteiger partial charge in [-0.2, -0.15) is 13.2 Å². The molecule has 0 rings (SSSR count). The second-order valence-corrected chi connectivity index (χ2v) is 1.20. The van der Waals surface area contributed by atoms with E-state index in [1.807, 2.05) is 0 Å². The van der Waals surface area contributed by atoms with Gasteiger partial charge in [0.25, 0.3) is 0 Å². The summed E-state index contributed by atoms with van der Waals surface area (Å²) < 4.78 is 33.2. The Balaban J connectivity index is 3.11. The Hall–Kier alpha value is -0.290. The zero-order chi connectivity index (χ0) is 6.62. The minimum absolute atomic E-state index is 0.639. The zero-order valence-corrected chi connectivity index (χ0v) is 4.00. The van der Waals surface area contributed by atoms with Gasteiger partial charge in [-0.15, -0.1) is 0 Å². The van der Waals surface area contributed by atoms with Crippen LogP contribution in [0.2, 0.25) is 0 Å². The van der Waals surface area contributed by atoms with Crippen molar-refractivity contribution in [2.75, 3.05) is 13.3 Å². The first kappa shape index (κ1) is 7.71. The first-order valence-corrected chi connectivity index (χ1v) is 1.94. The fraction of sp³-hybridized carbons (Fsp3) is 1.00. The number of hydrogen-bond acceptors (Lipinski definition) is 2. The third-order valence-electron chi connectivity index (χ3n) is 0.437. The quantitative estimate of drug-likeness (QED) is 0.518. The van der Waals surface area contributed by atoms with Crippen LogP contribution in [0.15, 0.2) is 0 Å². The summed E-state index contributed by atoms with van der Waals surface area (Å²) in [7, 11) is 0. The van der Waals surface area contributed by atoms with Crippen molar-refractivity contribution < 1.29 is 18.3 Å². The molecule has 0 heterocycles. The van der Waals surface area contributed by atoms with Crippen LogP contribution in [0.25, 0.3) is 0 Å². The maximum atomic E-state index is 11.1. The van der Waals surface area contributed by atoms with Gasteiger partial charge in [-0.05, 0) is 0 Å². The highest BCUT2D eigenvalue weighted by atomic mass is 19.4. The lowest BCUT2D eigenvalue weighted by Crippen LogP contribution is -2.29. The molecule has 0 amide bonds. The van der Waals surface area contributed by atoms with Gasteiger partial charge in [0.2, 0.25) is 0 Å². The minimum atomic E-state index is -4.22. The Morgan fingerprint density at radius 1 is 1.38 bits per heavy atom. The van der Waals surface area contributed by atoms with E-state index in [-0.39, 0.29) is 0 Å². The van der Waals surface area contributed by atoms with Crippen molar-refractivity contribution in [2.45, 2.75) is 6.18 Å². The summed E-state index contributed by atoms with van der Waals surface area (Å²) in [4.78, 5) is 0. The Labute approximate surface area is 44.3 Å². The Morgan fingerprint density at radius 3 is 2.00 bits per heavy atom. The van der Waals surface area contributed by atoms with Crippen molar-refractivity contribution in [1.82, 2.24) is 5.32 Å². The fourth-order valence-corrected chi connectivity index (χ4v) is 0.198. The van der Waals surface area contributed by atoms with Crippen LogP contribution in [0.4, 0.5) is 13.2 Å². The van der Waals surface area contributed by atoms with E-state index >= 15 is 0 Å². The molecule has 0 aliphatic rings. The monoisotopic (exact) mass is 129 g/mol. The van der Waals surface area contributed by atoms with E-state index in [9.17, 15) is 13.2 Å². The smallest absolute Gasteiger partial charge is 0.381 e. The van der Waals surface area contributed by atoms with Crippen molar-refractivity contribution in [1.29, 1.82) is 0 Å². The topological polar surface area (TPSA) is 32.3 Å². The van der Waals surface area contributed by atoms with E-state index in [0.717, 1.165) is 0 Å². The van der Waals surface area contributed by atoms with E-state index in [1.165, 1.54) is 0 Å². The summed E-state index contributed by atoms with van der Waals surface area (Å²) in [6.07, 6.45) is -4.22. The van der Waals surface area contributed by atoms with E-state index in [0.29, 0.717) is 0 Å². The van der Waals surface area contributed by atoms with Crippen LogP contribution in [0.5, 0.6) is 0 Å². The first-order valence-electron chi connectivity index (χ1n) is 1.94. The number of rotatable bonds is 2. The molecular formula is C3H6F3NO. The molecule has 0 aromatic heterocycles. The van der Waals surface area contributed by atoms with Gasteiger partial charge in [-0.25, -0.2) is 0 Å². The number of nitrogens with one attached hydrogen (secondary N) is 1. The number of alkyl halides is 3. The molecule has 50 valence electrons. The summed E-state index contributed by atoms with van der Waals surface area (Å²) in [6.45, 7) is -1.77. The second-order valence-electron chi connectivity index (χ2n) is 1.20. The Kier molecular flexibility index (Phi) is 2.78. The van der Waals surface area contributed by atoms with E-state index in [2.05, 4.69) is 0 Å². The fourth-order valence-electron chi connectivity index (χ4n) is 0.198. The highest BCUT2D eigenvalue weighted by Crippen LogP contribution is 2.11. The summed E-state index contributed by atoms with van der Waals surface area (Å²) in [5.74, 6) is 0. The Bertz CT molecular complexity index is 62.0. The molecular weight excluding hydrogens is 123 g/mol. The van der Waals surface area contributed by atoms with Crippen LogP contribution in [0.1, 0.15) is 0 Å². The summed E-state index contributed by atoms with van der Waals surface area (Å²) >= 11 is 0. The summed E-state index contributed by atoms with van der Waals surface area (Å²) in [5.41, 5.74) is 0. The van der Waals surface area contributed by atoms with Crippen molar-refractivity contribution in [3.05, 3.63) is 0 Å². The van der Waals surface area contributed by atoms with Crippen LogP contribution in [0, 0.1) is 0 Å². The van der Waals surface area contributed by atoms with E-state index in [4.69, 9.17) is 5.11 Å². The maximum absolute atomic E-state index is 11.1. The molecule has 0 fully saturated rings. The minimum Gasteiger partial charge on any atom is -0.381 e. The first-order chi connectivity index (χ1) is 3.56. The van der Waals surface area contributed by atoms with Crippen LogP contribution in [-0.2, 0) is 0 Å². The molecule has 0 aromatic rings. The molecule has 0 atom stereocenters. The van der Waals surface area contributed by atoms with Crippen molar-refractivity contribution in [2.24, 2.45) is 0 Å². The van der Waals surface area contributed by atoms with Crippen LogP contribution < -0.4 is 5.32 Å². The maximum Gasteiger partial charge on any atom is 0.401 e. The molecule has 0 radical (unpaired) electrons. The molecule has 0 saturated heterocycles. The molecule has 2 nitrogen and oxygen atoms in total. The normalized spacial score (nSPS) is 12.0. The summed E-state index contributed by atoms with van der Waals surface area (Å²) in [6, 6.07) is 0. The lowest BCUT2D eigenvalue weighted by Gasteiger charge is -2.03. The number of aliphatic hydroxyl groups is 1. The van der Waals surface area contributed by atoms with Gasteiger partial charge in [0.15, 0.2) is 0 Å². The molecule has 0 unspecified atom stereocenters. The second kappa shape index (κ2) is 2.88. The lowest BCUT2D eigenvalue weighted by molar-refractivity contribution is -0.127. The van der Waals surface area contributed by atoms with Crippen molar-refractivity contribution in [3.63, 3.8) is 0 Å². The van der Waals surface area contributed by atoms with Gasteiger partial charge in [0.1, 0.15) is 0 Å². The molecule has 0 spiro atoms. The van der Waals surface area contributed by atoms with Crippen molar-refractivity contribution >= 4 is 0 Å². The van der Waals surface area contributed by atoms with Crippen LogP contribution in [0.3, 0.4) is 0 Å². The highest BCUT2D eigenvalue weighted by molar-refractivity contribution is 4.50. The lowest BCUT2D eigenvalue weighted by atomic mass is 10.6. The molecule has 2 N–H and O–H groups in total. The molecule has 0 aliphatic carbocycles. The van der Waals surface area contributed by atoms with Gasteiger partial charge in [0.05, 0.1) is 13.3 Å². The third-order valence-corrected chi connectivity index (χ3v) is 0.437. The number of hydrogen-bond donors (Lipinski definition) is 2. The van der Waals surface area contributed by atoms with Gasteiger partial charge < -0.3 is 5.11 Å². The molecule has 0 aromatic carbocycles. The third kappa shape index (κ3) is 5.71. The van der Waals surface area contributed by atoms with Gasteiger partial charge >= 0.3 is 6.18 Å². The average Bonchev–Trinajstić information content (AvgIpc) is 1.59. The van der Waals surface area contributed by atoms with Gasteiger partial charge in [-0.1, -0.05) is 0 Å². The molecule has 0 saturated carbocycles. The predicted molar refractivity (Wildman–Crippen MR) is 21.1 cm³/mol.